The van der Waals surface area contributed by atoms with Gasteiger partial charge < -0.3 is 10.6 Å². The van der Waals surface area contributed by atoms with Crippen molar-refractivity contribution >= 4 is 11.4 Å². The van der Waals surface area contributed by atoms with Crippen LogP contribution in [0.5, 0.6) is 0 Å². The van der Waals surface area contributed by atoms with Gasteiger partial charge in [-0.25, -0.2) is 4.39 Å². The Morgan fingerprint density at radius 1 is 1.06 bits per heavy atom. The van der Waals surface area contributed by atoms with Crippen molar-refractivity contribution in [2.24, 2.45) is 0 Å². The molecule has 3 heteroatoms. The molecule has 2 aromatic carbocycles. The van der Waals surface area contributed by atoms with E-state index in [1.807, 2.05) is 18.2 Å². The molecule has 0 aromatic heterocycles. The van der Waals surface area contributed by atoms with Crippen molar-refractivity contribution in [3.63, 3.8) is 0 Å². The maximum absolute atomic E-state index is 13.2. The van der Waals surface area contributed by atoms with Crippen LogP contribution in [0, 0.1) is 5.82 Å². The molecule has 2 N–H and O–H groups in total. The quantitative estimate of drug-likeness (QED) is 0.779. The molecule has 2 nitrogen and oxygen atoms in total. The van der Waals surface area contributed by atoms with Crippen LogP contribution in [-0.2, 0) is 13.0 Å². The van der Waals surface area contributed by atoms with Crippen LogP contribution in [0.4, 0.5) is 15.8 Å². The Balaban J connectivity index is 1.90. The van der Waals surface area contributed by atoms with Crippen molar-refractivity contribution in [2.45, 2.75) is 13.0 Å². The molecular formula is C15H15FN2. The highest BCUT2D eigenvalue weighted by molar-refractivity contribution is 5.52. The van der Waals surface area contributed by atoms with Crippen molar-refractivity contribution < 1.29 is 4.39 Å². The zero-order chi connectivity index (χ0) is 12.5. The highest BCUT2D eigenvalue weighted by atomic mass is 19.1. The van der Waals surface area contributed by atoms with Gasteiger partial charge >= 0.3 is 0 Å². The molecular weight excluding hydrogens is 227 g/mol. The molecule has 1 aliphatic heterocycles. The third-order valence-corrected chi connectivity index (χ3v) is 3.42. The Bertz CT molecular complexity index is 580. The topological polar surface area (TPSA) is 29.3 Å². The lowest BCUT2D eigenvalue weighted by Crippen LogP contribution is -2.30. The molecule has 18 heavy (non-hydrogen) atoms. The largest absolute Gasteiger partial charge is 0.399 e. The maximum atomic E-state index is 13.2. The fourth-order valence-corrected chi connectivity index (χ4v) is 2.47. The highest BCUT2D eigenvalue weighted by Crippen LogP contribution is 2.26. The molecule has 0 radical (unpaired) electrons. The molecule has 0 saturated carbocycles. The van der Waals surface area contributed by atoms with E-state index < -0.39 is 0 Å². The lowest BCUT2D eigenvalue weighted by atomic mass is 9.98. The number of nitrogens with zero attached hydrogens (tertiary/aromatic N) is 1. The van der Waals surface area contributed by atoms with Crippen LogP contribution in [0.1, 0.15) is 11.1 Å². The lowest BCUT2D eigenvalue weighted by molar-refractivity contribution is 0.625. The summed E-state index contributed by atoms with van der Waals surface area (Å²) in [5, 5.41) is 0. The van der Waals surface area contributed by atoms with E-state index in [2.05, 4.69) is 11.0 Å². The van der Waals surface area contributed by atoms with E-state index in [1.165, 1.54) is 17.2 Å². The van der Waals surface area contributed by atoms with Gasteiger partial charge in [-0.1, -0.05) is 12.1 Å². The Morgan fingerprint density at radius 3 is 2.78 bits per heavy atom. The van der Waals surface area contributed by atoms with Crippen molar-refractivity contribution in [3.05, 3.63) is 59.4 Å². The molecule has 0 bridgehead atoms. The summed E-state index contributed by atoms with van der Waals surface area (Å²) in [6, 6.07) is 12.8. The minimum absolute atomic E-state index is 0.189. The Kier molecular flexibility index (Phi) is 2.67. The SMILES string of the molecule is Nc1ccc2c(c1)CN(c1cccc(F)c1)CC2. The summed E-state index contributed by atoms with van der Waals surface area (Å²) in [6.45, 7) is 1.71. The number of hydrogen-bond acceptors (Lipinski definition) is 2. The van der Waals surface area contributed by atoms with Crippen molar-refractivity contribution in [1.82, 2.24) is 0 Å². The van der Waals surface area contributed by atoms with Gasteiger partial charge in [0.25, 0.3) is 0 Å². The van der Waals surface area contributed by atoms with E-state index >= 15 is 0 Å². The highest BCUT2D eigenvalue weighted by Gasteiger charge is 2.16. The maximum Gasteiger partial charge on any atom is 0.125 e. The van der Waals surface area contributed by atoms with Crippen molar-refractivity contribution in [1.29, 1.82) is 0 Å². The predicted octanol–water partition coefficient (Wildman–Crippen LogP) is 2.97. The van der Waals surface area contributed by atoms with E-state index in [4.69, 9.17) is 5.73 Å². The van der Waals surface area contributed by atoms with Gasteiger partial charge in [0.15, 0.2) is 0 Å². The van der Waals surface area contributed by atoms with Crippen LogP contribution in [0.15, 0.2) is 42.5 Å². The molecule has 0 spiro atoms. The van der Waals surface area contributed by atoms with Gasteiger partial charge in [0.2, 0.25) is 0 Å². The number of rotatable bonds is 1. The summed E-state index contributed by atoms with van der Waals surface area (Å²) >= 11 is 0. The van der Waals surface area contributed by atoms with E-state index in [9.17, 15) is 4.39 Å². The monoisotopic (exact) mass is 242 g/mol. The number of nitrogens with two attached hydrogens (primary N) is 1. The second-order valence-corrected chi connectivity index (χ2v) is 4.68. The molecule has 3 rings (SSSR count). The molecule has 1 heterocycles. The van der Waals surface area contributed by atoms with Crippen LogP contribution in [0.3, 0.4) is 0 Å². The lowest BCUT2D eigenvalue weighted by Gasteiger charge is -2.31. The first-order valence-corrected chi connectivity index (χ1v) is 6.10. The van der Waals surface area contributed by atoms with Crippen molar-refractivity contribution in [3.8, 4) is 0 Å². The average Bonchev–Trinajstić information content (AvgIpc) is 2.38. The first kappa shape index (κ1) is 11.1. The van der Waals surface area contributed by atoms with Gasteiger partial charge in [0.1, 0.15) is 5.82 Å². The first-order valence-electron chi connectivity index (χ1n) is 6.10. The molecule has 1 aliphatic rings. The molecule has 0 aliphatic carbocycles. The average molecular weight is 242 g/mol. The molecule has 0 atom stereocenters. The number of anilines is 2. The summed E-state index contributed by atoms with van der Waals surface area (Å²) in [5.41, 5.74) is 10.1. The van der Waals surface area contributed by atoms with Crippen LogP contribution in [0.2, 0.25) is 0 Å². The Morgan fingerprint density at radius 2 is 1.94 bits per heavy atom. The number of hydrogen-bond donors (Lipinski definition) is 1. The fourth-order valence-electron chi connectivity index (χ4n) is 2.47. The Labute approximate surface area is 106 Å². The summed E-state index contributed by atoms with van der Waals surface area (Å²) in [7, 11) is 0. The van der Waals surface area contributed by atoms with E-state index in [1.54, 1.807) is 12.1 Å². The minimum Gasteiger partial charge on any atom is -0.399 e. The number of benzene rings is 2. The molecule has 0 unspecified atom stereocenters. The second kappa shape index (κ2) is 4.33. The van der Waals surface area contributed by atoms with Crippen LogP contribution < -0.4 is 10.6 Å². The molecule has 0 amide bonds. The first-order chi connectivity index (χ1) is 8.72. The number of halogens is 1. The Hall–Kier alpha value is -2.03. The summed E-state index contributed by atoms with van der Waals surface area (Å²) in [4.78, 5) is 2.19. The van der Waals surface area contributed by atoms with Gasteiger partial charge in [-0.2, -0.15) is 0 Å². The summed E-state index contributed by atoms with van der Waals surface area (Å²) in [5.74, 6) is -0.189. The summed E-state index contributed by atoms with van der Waals surface area (Å²) < 4.78 is 13.2. The molecule has 92 valence electrons. The fraction of sp³-hybridized carbons (Fsp3) is 0.200. The second-order valence-electron chi connectivity index (χ2n) is 4.68. The number of fused-ring (bicyclic) bond motifs is 1. The van der Waals surface area contributed by atoms with E-state index in [-0.39, 0.29) is 5.82 Å². The molecule has 0 saturated heterocycles. The normalized spacial score (nSPS) is 14.4. The number of nitrogen functional groups attached to an aromatic ring is 1. The van der Waals surface area contributed by atoms with Crippen molar-refractivity contribution in [2.75, 3.05) is 17.2 Å². The van der Waals surface area contributed by atoms with Crippen LogP contribution in [0.25, 0.3) is 0 Å². The van der Waals surface area contributed by atoms with Gasteiger partial charge in [-0.3, -0.25) is 0 Å². The minimum atomic E-state index is -0.189. The molecule has 0 fully saturated rings. The van der Waals surface area contributed by atoms with Gasteiger partial charge in [0.05, 0.1) is 0 Å². The third kappa shape index (κ3) is 2.04. The zero-order valence-corrected chi connectivity index (χ0v) is 10.1. The molecule has 2 aromatic rings. The summed E-state index contributed by atoms with van der Waals surface area (Å²) in [6.07, 6.45) is 0.978. The van der Waals surface area contributed by atoms with E-state index in [0.29, 0.717) is 0 Å². The third-order valence-electron chi connectivity index (χ3n) is 3.42. The standard InChI is InChI=1S/C15H15FN2/c16-13-2-1-3-15(9-13)18-7-6-11-4-5-14(17)8-12(11)10-18/h1-5,8-9H,6-7,10,17H2. The zero-order valence-electron chi connectivity index (χ0n) is 10.1. The predicted molar refractivity (Wildman–Crippen MR) is 72.0 cm³/mol. The van der Waals surface area contributed by atoms with E-state index in [0.717, 1.165) is 30.9 Å². The van der Waals surface area contributed by atoms with Gasteiger partial charge in [-0.15, -0.1) is 0 Å². The van der Waals surface area contributed by atoms with Gasteiger partial charge in [0, 0.05) is 24.5 Å². The van der Waals surface area contributed by atoms with Crippen LogP contribution >= 0.6 is 0 Å². The smallest absolute Gasteiger partial charge is 0.125 e. The van der Waals surface area contributed by atoms with Gasteiger partial charge in [-0.05, 0) is 47.9 Å². The van der Waals surface area contributed by atoms with Crippen LogP contribution in [-0.4, -0.2) is 6.54 Å².